The Kier molecular flexibility index (Phi) is 3.99. The monoisotopic (exact) mass is 248 g/mol. The first-order valence-corrected chi connectivity index (χ1v) is 6.40. The number of nitrogens with zero attached hydrogens (tertiary/aromatic N) is 2. The van der Waals surface area contributed by atoms with Crippen LogP contribution >= 0.6 is 0 Å². The summed E-state index contributed by atoms with van der Waals surface area (Å²) >= 11 is 0. The van der Waals surface area contributed by atoms with Crippen molar-refractivity contribution in [3.8, 4) is 0 Å². The molecule has 0 radical (unpaired) electrons. The van der Waals surface area contributed by atoms with Gasteiger partial charge >= 0.3 is 0 Å². The SMILES string of the molecule is CC(C)C1CC(=O)N(c2ccccc2)N1CCO. The van der Waals surface area contributed by atoms with Crippen LogP contribution in [0.3, 0.4) is 0 Å². The van der Waals surface area contributed by atoms with Crippen LogP contribution in [0.1, 0.15) is 20.3 Å². The largest absolute Gasteiger partial charge is 0.395 e. The summed E-state index contributed by atoms with van der Waals surface area (Å²) < 4.78 is 0. The minimum absolute atomic E-state index is 0.0554. The molecule has 0 bridgehead atoms. The third-order valence-corrected chi connectivity index (χ3v) is 3.36. The number of hydrogen-bond acceptors (Lipinski definition) is 3. The van der Waals surface area contributed by atoms with E-state index in [0.29, 0.717) is 18.9 Å². The molecule has 0 spiro atoms. The number of anilines is 1. The van der Waals surface area contributed by atoms with Gasteiger partial charge in [-0.25, -0.2) is 10.0 Å². The summed E-state index contributed by atoms with van der Waals surface area (Å²) in [6.45, 7) is 4.76. The molecule has 4 nitrogen and oxygen atoms in total. The van der Waals surface area contributed by atoms with E-state index in [-0.39, 0.29) is 18.6 Å². The first-order valence-electron chi connectivity index (χ1n) is 6.40. The number of para-hydroxylation sites is 1. The smallest absolute Gasteiger partial charge is 0.243 e. The number of aliphatic hydroxyl groups is 1. The summed E-state index contributed by atoms with van der Waals surface area (Å²) in [5.41, 5.74) is 0.874. The maximum atomic E-state index is 12.2. The lowest BCUT2D eigenvalue weighted by Crippen LogP contribution is -2.46. The van der Waals surface area contributed by atoms with Crippen LogP contribution in [0.2, 0.25) is 0 Å². The topological polar surface area (TPSA) is 43.8 Å². The summed E-state index contributed by atoms with van der Waals surface area (Å²) in [5.74, 6) is 0.488. The lowest BCUT2D eigenvalue weighted by atomic mass is 10.0. The molecule has 0 aromatic heterocycles. The van der Waals surface area contributed by atoms with E-state index in [1.807, 2.05) is 35.3 Å². The number of benzene rings is 1. The first kappa shape index (κ1) is 13.1. The third-order valence-electron chi connectivity index (χ3n) is 3.36. The van der Waals surface area contributed by atoms with Gasteiger partial charge in [0.25, 0.3) is 0 Å². The zero-order valence-corrected chi connectivity index (χ0v) is 10.9. The van der Waals surface area contributed by atoms with Crippen molar-refractivity contribution < 1.29 is 9.90 Å². The average Bonchev–Trinajstić information content (AvgIpc) is 2.68. The van der Waals surface area contributed by atoms with Gasteiger partial charge in [0.15, 0.2) is 0 Å². The number of carbonyl (C=O) groups is 1. The number of carbonyl (C=O) groups excluding carboxylic acids is 1. The van der Waals surface area contributed by atoms with Gasteiger partial charge in [0, 0.05) is 19.0 Å². The summed E-state index contributed by atoms with van der Waals surface area (Å²) in [5, 5.41) is 12.9. The Bertz CT molecular complexity index is 406. The van der Waals surface area contributed by atoms with Crippen LogP contribution in [0.5, 0.6) is 0 Å². The predicted molar refractivity (Wildman–Crippen MR) is 71.0 cm³/mol. The Morgan fingerprint density at radius 1 is 1.33 bits per heavy atom. The summed E-state index contributed by atoms with van der Waals surface area (Å²) in [6.07, 6.45) is 0.520. The van der Waals surface area contributed by atoms with Crippen molar-refractivity contribution in [2.45, 2.75) is 26.3 Å². The highest BCUT2D eigenvalue weighted by Gasteiger charge is 2.39. The van der Waals surface area contributed by atoms with Gasteiger partial charge in [-0.05, 0) is 18.1 Å². The highest BCUT2D eigenvalue weighted by atomic mass is 16.3. The van der Waals surface area contributed by atoms with Crippen LogP contribution < -0.4 is 5.01 Å². The quantitative estimate of drug-likeness (QED) is 0.881. The van der Waals surface area contributed by atoms with E-state index in [1.54, 1.807) is 5.01 Å². The van der Waals surface area contributed by atoms with Gasteiger partial charge in [0.05, 0.1) is 12.3 Å². The highest BCUT2D eigenvalue weighted by Crippen LogP contribution is 2.29. The third kappa shape index (κ3) is 2.40. The van der Waals surface area contributed by atoms with Gasteiger partial charge in [-0.15, -0.1) is 0 Å². The Morgan fingerprint density at radius 3 is 2.56 bits per heavy atom. The molecule has 1 heterocycles. The lowest BCUT2D eigenvalue weighted by molar-refractivity contribution is -0.118. The predicted octanol–water partition coefficient (Wildman–Crippen LogP) is 1.66. The van der Waals surface area contributed by atoms with Crippen LogP contribution in [-0.4, -0.2) is 35.2 Å². The van der Waals surface area contributed by atoms with E-state index < -0.39 is 0 Å². The Balaban J connectivity index is 2.30. The molecule has 1 saturated heterocycles. The van der Waals surface area contributed by atoms with Gasteiger partial charge in [0.2, 0.25) is 5.91 Å². The summed E-state index contributed by atoms with van der Waals surface area (Å²) in [7, 11) is 0. The maximum absolute atomic E-state index is 12.2. The van der Waals surface area contributed by atoms with Crippen LogP contribution in [0.4, 0.5) is 5.69 Å². The second-order valence-electron chi connectivity index (χ2n) is 4.94. The molecule has 2 rings (SSSR count). The molecular formula is C14H20N2O2. The molecule has 18 heavy (non-hydrogen) atoms. The van der Waals surface area contributed by atoms with Crippen molar-refractivity contribution in [1.29, 1.82) is 0 Å². The van der Waals surface area contributed by atoms with Crippen LogP contribution in [-0.2, 0) is 4.79 Å². The molecule has 1 aliphatic heterocycles. The number of aliphatic hydroxyl groups excluding tert-OH is 1. The van der Waals surface area contributed by atoms with Gasteiger partial charge in [-0.1, -0.05) is 32.0 Å². The Labute approximate surface area is 108 Å². The van der Waals surface area contributed by atoms with Gasteiger partial charge < -0.3 is 5.11 Å². The number of β-amino-alcohol motifs (C(OH)–C–C–N with tert-alkyl or cyclic N) is 1. The van der Waals surface area contributed by atoms with E-state index in [4.69, 9.17) is 0 Å². The van der Waals surface area contributed by atoms with Gasteiger partial charge in [-0.3, -0.25) is 4.79 Å². The van der Waals surface area contributed by atoms with Crippen molar-refractivity contribution in [3.05, 3.63) is 30.3 Å². The number of rotatable bonds is 4. The molecule has 1 aliphatic rings. The molecular weight excluding hydrogens is 228 g/mol. The van der Waals surface area contributed by atoms with Crippen LogP contribution in [0.25, 0.3) is 0 Å². The van der Waals surface area contributed by atoms with E-state index in [1.165, 1.54) is 0 Å². The van der Waals surface area contributed by atoms with Crippen LogP contribution in [0, 0.1) is 5.92 Å². The minimum Gasteiger partial charge on any atom is -0.395 e. The first-order chi connectivity index (χ1) is 8.65. The van der Waals surface area contributed by atoms with Crippen molar-refractivity contribution in [2.24, 2.45) is 5.92 Å². The van der Waals surface area contributed by atoms with E-state index in [0.717, 1.165) is 5.69 Å². The molecule has 98 valence electrons. The molecule has 1 amide bonds. The van der Waals surface area contributed by atoms with E-state index in [9.17, 15) is 9.90 Å². The molecule has 0 aliphatic carbocycles. The zero-order valence-electron chi connectivity index (χ0n) is 10.9. The van der Waals surface area contributed by atoms with Crippen molar-refractivity contribution in [2.75, 3.05) is 18.2 Å². The maximum Gasteiger partial charge on any atom is 0.243 e. The molecule has 1 aromatic rings. The van der Waals surface area contributed by atoms with Crippen molar-refractivity contribution in [1.82, 2.24) is 5.01 Å². The van der Waals surface area contributed by atoms with Crippen molar-refractivity contribution >= 4 is 11.6 Å². The van der Waals surface area contributed by atoms with Crippen LogP contribution in [0.15, 0.2) is 30.3 Å². The fourth-order valence-corrected chi connectivity index (χ4v) is 2.47. The van der Waals surface area contributed by atoms with E-state index >= 15 is 0 Å². The number of hydrogen-bond donors (Lipinski definition) is 1. The fourth-order valence-electron chi connectivity index (χ4n) is 2.47. The molecule has 1 unspecified atom stereocenters. The number of amides is 1. The molecule has 1 fully saturated rings. The van der Waals surface area contributed by atoms with E-state index in [2.05, 4.69) is 13.8 Å². The van der Waals surface area contributed by atoms with Crippen molar-refractivity contribution in [3.63, 3.8) is 0 Å². The van der Waals surface area contributed by atoms with Gasteiger partial charge in [0.1, 0.15) is 0 Å². The summed E-state index contributed by atoms with van der Waals surface area (Å²) in [6, 6.07) is 9.78. The summed E-state index contributed by atoms with van der Waals surface area (Å²) in [4.78, 5) is 12.2. The fraction of sp³-hybridized carbons (Fsp3) is 0.500. The highest BCUT2D eigenvalue weighted by molar-refractivity contribution is 5.94. The Morgan fingerprint density at radius 2 is 2.00 bits per heavy atom. The molecule has 1 N–H and O–H groups in total. The molecule has 1 aromatic carbocycles. The average molecular weight is 248 g/mol. The minimum atomic E-state index is 0.0554. The Hall–Kier alpha value is -1.39. The molecule has 1 atom stereocenters. The second-order valence-corrected chi connectivity index (χ2v) is 4.94. The standard InChI is InChI=1S/C14H20N2O2/c1-11(2)13-10-14(18)16(15(13)8-9-17)12-6-4-3-5-7-12/h3-7,11,13,17H,8-10H2,1-2H3. The second kappa shape index (κ2) is 5.50. The normalized spacial score (nSPS) is 21.0. The van der Waals surface area contributed by atoms with Gasteiger partial charge in [-0.2, -0.15) is 0 Å². The number of hydrazine groups is 1. The molecule has 4 heteroatoms. The zero-order chi connectivity index (χ0) is 13.1. The molecule has 0 saturated carbocycles. The lowest BCUT2D eigenvalue weighted by Gasteiger charge is -2.33.